The predicted molar refractivity (Wildman–Crippen MR) is 372 cm³/mol. The molecule has 2 N–H and O–H groups in total. The molecule has 20 heteroatoms. The summed E-state index contributed by atoms with van der Waals surface area (Å²) >= 11 is 0. The Morgan fingerprint density at radius 2 is 0.989 bits per heavy atom. The number of benzene rings is 4. The number of aliphatic hydroxyl groups is 1. The fourth-order valence-electron chi connectivity index (χ4n) is 9.01. The number of esters is 2. The molecule has 0 saturated heterocycles. The van der Waals surface area contributed by atoms with Crippen molar-refractivity contribution in [2.75, 3.05) is 40.5 Å². The first-order valence-corrected chi connectivity index (χ1v) is 28.8. The van der Waals surface area contributed by atoms with Gasteiger partial charge in [-0.3, -0.25) is 14.5 Å². The van der Waals surface area contributed by atoms with Crippen molar-refractivity contribution in [1.29, 1.82) is 0 Å². The molecule has 16 nitrogen and oxygen atoms in total. The molecule has 4 aromatic rings. The van der Waals surface area contributed by atoms with E-state index in [0.717, 1.165) is 32.1 Å². The van der Waals surface area contributed by atoms with Gasteiger partial charge in [-0.05, 0) is 134 Å². The third-order valence-electron chi connectivity index (χ3n) is 13.4. The maximum absolute atomic E-state index is 15.2. The number of Topliss-reactive ketones (excluding diaryl/α,β-unsaturated/α-hetero) is 1. The molecule has 0 aliphatic carbocycles. The third-order valence-corrected chi connectivity index (χ3v) is 13.4. The maximum Gasteiger partial charge on any atom is 0.410 e. The number of aliphatic hydroxyl groups excluding tert-OH is 1. The van der Waals surface area contributed by atoms with Crippen molar-refractivity contribution in [3.63, 3.8) is 0 Å². The van der Waals surface area contributed by atoms with Crippen LogP contribution in [0.5, 0.6) is 0 Å². The number of amides is 2. The Kier molecular flexibility index (Phi) is 16.4. The summed E-state index contributed by atoms with van der Waals surface area (Å²) in [5, 5.41) is 19.1. The molecule has 2 aliphatic rings. The van der Waals surface area contributed by atoms with Gasteiger partial charge in [0.2, 0.25) is 0 Å². The molecule has 4 aromatic carbocycles. The van der Waals surface area contributed by atoms with Gasteiger partial charge >= 0.3 is 30.1 Å². The number of carbonyl (C=O) groups excluding carboxylic acids is 5. The van der Waals surface area contributed by atoms with Gasteiger partial charge in [-0.2, -0.15) is 0 Å². The van der Waals surface area contributed by atoms with E-state index in [4.69, 9.17) is 105 Å². The van der Waals surface area contributed by atoms with E-state index in [1.54, 1.807) is 65.8 Å². The van der Waals surface area contributed by atoms with Crippen LogP contribution in [0.25, 0.3) is 11.1 Å². The van der Waals surface area contributed by atoms with E-state index in [1.807, 2.05) is 72.8 Å². The Labute approximate surface area is 582 Å². The number of aliphatic carboxylic acids is 1. The highest BCUT2D eigenvalue weighted by Crippen LogP contribution is 2.30. The van der Waals surface area contributed by atoms with Crippen molar-refractivity contribution >= 4 is 47.0 Å². The van der Waals surface area contributed by atoms with Crippen LogP contribution >= 0.6 is 0 Å². The number of hydrogen-bond acceptors (Lipinski definition) is 13. The van der Waals surface area contributed by atoms with Crippen LogP contribution in [0.3, 0.4) is 0 Å². The average Bonchev–Trinajstić information content (AvgIpc) is 0.830. The molecular formula is C67H134F4N2O14. The molecule has 6 rings (SSSR count). The van der Waals surface area contributed by atoms with Crippen LogP contribution < -0.4 is 0 Å². The molecule has 0 bridgehead atoms. The molecule has 4 atom stereocenters. The van der Waals surface area contributed by atoms with Crippen LogP contribution in [0, 0.1) is 17.6 Å². The summed E-state index contributed by atoms with van der Waals surface area (Å²) in [6.45, 7) is 17.4. The molecule has 0 fully saturated rings. The first-order chi connectivity index (χ1) is 64.6. The molecule has 87 heavy (non-hydrogen) atoms. The molecule has 2 aliphatic heterocycles. The summed E-state index contributed by atoms with van der Waals surface area (Å²) in [4.78, 5) is 76.7. The second-order valence-corrected chi connectivity index (χ2v) is 24.6. The van der Waals surface area contributed by atoms with E-state index in [0.29, 0.717) is 61.5 Å². The van der Waals surface area contributed by atoms with Gasteiger partial charge in [0, 0.05) is 122 Å². The molecule has 2 amide bonds. The average molecular weight is 1320 g/mol. The van der Waals surface area contributed by atoms with Crippen molar-refractivity contribution in [2.45, 2.75) is 168 Å². The van der Waals surface area contributed by atoms with Gasteiger partial charge in [-0.25, -0.2) is 36.7 Å². The zero-order chi connectivity index (χ0) is 113. The highest BCUT2D eigenvalue weighted by atomic mass is 19.1. The Balaban J connectivity index is -0.0000000643. The number of alkyl halides is 2. The van der Waals surface area contributed by atoms with Crippen LogP contribution in [0.2, 0.25) is 0 Å². The van der Waals surface area contributed by atoms with Crippen LogP contribution in [-0.4, -0.2) is 137 Å². The van der Waals surface area contributed by atoms with Crippen LogP contribution in [0.4, 0.5) is 27.2 Å². The normalized spacial score (nSPS) is 17.2. The van der Waals surface area contributed by atoms with E-state index in [1.165, 1.54) is 53.9 Å². The number of ketones is 1. The van der Waals surface area contributed by atoms with Crippen molar-refractivity contribution in [3.05, 3.63) is 154 Å². The summed E-state index contributed by atoms with van der Waals surface area (Å²) in [5.41, 5.74) is 0.412. The third kappa shape index (κ3) is 26.2. The van der Waals surface area contributed by atoms with Gasteiger partial charge in [-0.15, -0.1) is 0 Å². The number of ether oxygens (including phenoxy) is 6. The van der Waals surface area contributed by atoms with E-state index in [9.17, 15) is 47.0 Å². The number of likely N-dealkylation sites (N-methyl/N-ethyl adjacent to an activating group) is 2. The highest BCUT2D eigenvalue weighted by molar-refractivity contribution is 5.91. The van der Waals surface area contributed by atoms with E-state index >= 15 is 4.39 Å². The van der Waals surface area contributed by atoms with Gasteiger partial charge in [0.05, 0.1) is 38.4 Å². The number of rotatable bonds is 22. The summed E-state index contributed by atoms with van der Waals surface area (Å²) < 4.78 is 330. The summed E-state index contributed by atoms with van der Waals surface area (Å²) in [6, 6.07) is 25.4. The maximum atomic E-state index is 15.2. The topological polar surface area (TPSA) is 205 Å². The molecule has 2 heterocycles. The Bertz CT molecular complexity index is 3110. The number of halogens is 4. The molecule has 0 radical (unpaired) electrons. The lowest BCUT2D eigenvalue weighted by Gasteiger charge is -2.32. The lowest BCUT2D eigenvalue weighted by molar-refractivity contribution is -0.155. The van der Waals surface area contributed by atoms with Crippen LogP contribution in [-0.2, 0) is 73.7 Å². The van der Waals surface area contributed by atoms with Crippen molar-refractivity contribution in [1.82, 2.24) is 9.80 Å². The SMILES string of the molecule is CN(C(=O)OC(C)(C)C)[C@@H](CC(C)(C)F)C(=O)C[C@H](Cc1ccc(C2=CCOCC2)c(F)c1)C(=O)OCc1ccccc1.CN(C(=O)OC(C)(C)C)[C@@H](CC(C)(C)F)C(=O)O.O=C(OCc1ccccc1)[C@@H](O)Cc1ccc(C2=CCOCC2)c(F)c1.[2H][2H].[2H][2H].[2H][2H].[2H][2H].[2H][2H].[2H][2H].[2H][2H].[2H][2H].[2H][2H].[2H][2H].[2H][2H].[2H][2H].[2H][2H].[2H][2H].[2H][2H].[2H][2H].[2H][2H].[2H][2H].[2H][2H].[2H][2H].[2H][2H].[2H][2H].[2H][2H].[2H][2H]. The summed E-state index contributed by atoms with van der Waals surface area (Å²) in [5.74, 6) is -4.94. The number of carbonyl (C=O) groups is 6. The standard InChI is InChI=1S/C34H43F2NO6.C21H21FO4.C12H22FNO4.24H2/c1-33(2,3)43-32(40)37(6)29(21-34(4,5)36)30(38)20-26(31(39)42-22-23-10-8-7-9-11-23)18-24-12-13-27(28(35)19-24)25-14-16-41-17-15-25;22-19-12-16(6-7-18(19)17-8-10-25-11-9-17)13-20(23)21(24)26-14-15-4-2-1-3-5-15;1-11(2,3)18-10(17)14(6)8(9(15)16)7-12(4,5)13;;;;;;;;;;;;;;;;;;;;;;;;/h7-14,19,26,29H,15-18,20-22H2,1-6H3;1-8,12,20,23H,9-11,13-14H2;8H,7H2,1-6H3,(H,15,16);24*1H/t26-,29-;20-;8-;;;;;;;;;;;;;;;;;;;;;;;;/m000......................../s1/i;;;24*1+1D. The Morgan fingerprint density at radius 3 is 1.37 bits per heavy atom. The lowest BCUT2D eigenvalue weighted by atomic mass is 9.88. The lowest BCUT2D eigenvalue weighted by Crippen LogP contribution is -2.48. The van der Waals surface area contributed by atoms with Gasteiger partial charge < -0.3 is 43.5 Å². The summed E-state index contributed by atoms with van der Waals surface area (Å²) in [6.07, 6.45) is 1.19. The largest absolute Gasteiger partial charge is 0.480 e. The van der Waals surface area contributed by atoms with E-state index < -0.39 is 88.3 Å². The number of nitrogens with zero attached hydrogens (tertiary/aromatic N) is 2. The molecular weight excluding hydrogens is 1130 g/mol. The predicted octanol–water partition coefficient (Wildman–Crippen LogP) is 18.5. The zero-order valence-electron chi connectivity index (χ0n) is 100. The smallest absolute Gasteiger partial charge is 0.410 e. The van der Waals surface area contributed by atoms with Crippen molar-refractivity contribution < 1.29 is 156 Å². The minimum absolute atomic E-state index is 0.00693. The molecule has 0 spiro atoms. The minimum atomic E-state index is -1.79. The van der Waals surface area contributed by atoms with Gasteiger partial charge in [0.25, 0.3) is 0 Å². The van der Waals surface area contributed by atoms with Crippen molar-refractivity contribution in [3.8, 4) is 0 Å². The monoisotopic (exact) mass is 1320 g/mol. The zero-order valence-corrected chi connectivity index (χ0v) is 52.1. The van der Waals surface area contributed by atoms with Crippen LogP contribution in [0.1, 0.15) is 206 Å². The van der Waals surface area contributed by atoms with Gasteiger partial charge in [0.1, 0.15) is 53.4 Å². The number of carboxylic acids is 1. The second-order valence-electron chi connectivity index (χ2n) is 24.6. The Morgan fingerprint density at radius 1 is 0.586 bits per heavy atom. The fraction of sp³-hybridized carbons (Fsp3) is 0.493. The quantitative estimate of drug-likeness (QED) is 0.0427. The first-order valence-electron chi connectivity index (χ1n) is 52.8. The number of carboxylic acid groups (broad SMARTS) is 1. The second kappa shape index (κ2) is 33.1. The fourth-order valence-corrected chi connectivity index (χ4v) is 9.01. The summed E-state index contributed by atoms with van der Waals surface area (Å²) in [7, 11) is 2.67. The minimum Gasteiger partial charge on any atom is -0.480 e. The molecule has 524 valence electrons. The first kappa shape index (κ1) is 43.3. The molecule has 0 unspecified atom stereocenters. The highest BCUT2D eigenvalue weighted by Gasteiger charge is 2.38. The van der Waals surface area contributed by atoms with E-state index in [-0.39, 0.29) is 51.1 Å². The number of hydrogen-bond donors (Lipinski definition) is 2. The van der Waals surface area contributed by atoms with Gasteiger partial charge in [0.15, 0.2) is 11.9 Å². The molecule has 0 aromatic heterocycles. The Hall–Kier alpha value is -7.42. The van der Waals surface area contributed by atoms with Gasteiger partial charge in [-0.1, -0.05) is 97.1 Å². The molecule has 0 saturated carbocycles. The van der Waals surface area contributed by atoms with Crippen LogP contribution in [0.15, 0.2) is 109 Å². The van der Waals surface area contributed by atoms with E-state index in [2.05, 4.69) is 0 Å². The van der Waals surface area contributed by atoms with Crippen molar-refractivity contribution in [2.24, 2.45) is 5.92 Å².